The van der Waals surface area contributed by atoms with Crippen LogP contribution in [0, 0.1) is 23.7 Å². The Morgan fingerprint density at radius 1 is 0.957 bits per heavy atom. The molecule has 1 saturated carbocycles. The zero-order valence-corrected chi connectivity index (χ0v) is 41.5. The number of carbonyl (C=O) groups excluding carboxylic acids is 1. The number of carbonyl (C=O) groups is 1. The third-order valence-electron chi connectivity index (χ3n) is 16.3. The van der Waals surface area contributed by atoms with Gasteiger partial charge in [0, 0.05) is 126 Å². The Balaban J connectivity index is 0.681. The number of allylic oxidation sites excluding steroid dienone is 1. The molecule has 5 aliphatic heterocycles. The van der Waals surface area contributed by atoms with E-state index < -0.39 is 0 Å². The Kier molecular flexibility index (Phi) is 12.3. The molecule has 8 heterocycles. The van der Waals surface area contributed by atoms with Crippen LogP contribution in [0.3, 0.4) is 0 Å². The summed E-state index contributed by atoms with van der Waals surface area (Å²) in [5.74, 6) is 2.69. The zero-order valence-electron chi connectivity index (χ0n) is 40.7. The summed E-state index contributed by atoms with van der Waals surface area (Å²) >= 11 is 6.41. The van der Waals surface area contributed by atoms with Gasteiger partial charge >= 0.3 is 0 Å². The lowest BCUT2D eigenvalue weighted by atomic mass is 9.77. The number of amides is 1. The van der Waals surface area contributed by atoms with E-state index in [2.05, 4.69) is 90.1 Å². The number of likely N-dealkylation sites (tertiary alicyclic amines) is 1. The van der Waals surface area contributed by atoms with Crippen LogP contribution in [0.15, 0.2) is 66.6 Å². The molecule has 0 bridgehead atoms. The van der Waals surface area contributed by atoms with Crippen molar-refractivity contribution in [2.75, 3.05) is 60.5 Å². The maximum absolute atomic E-state index is 12.7. The summed E-state index contributed by atoms with van der Waals surface area (Å²) in [5.41, 5.74) is 12.2. The number of hydrogen-bond acceptors (Lipinski definition) is 11. The maximum Gasteiger partial charge on any atom is 0.233 e. The first kappa shape index (κ1) is 45.4. The van der Waals surface area contributed by atoms with Crippen molar-refractivity contribution in [3.05, 3.63) is 99.6 Å². The fourth-order valence-electron chi connectivity index (χ4n) is 12.5. The number of hydrogen-bond donors (Lipinski definition) is 0. The highest BCUT2D eigenvalue weighted by Gasteiger charge is 2.44. The highest BCUT2D eigenvalue weighted by Crippen LogP contribution is 2.47. The van der Waals surface area contributed by atoms with E-state index in [0.29, 0.717) is 35.1 Å². The van der Waals surface area contributed by atoms with Gasteiger partial charge in [-0.15, -0.1) is 10.2 Å². The first-order valence-electron chi connectivity index (χ1n) is 25.4. The van der Waals surface area contributed by atoms with E-state index in [-0.39, 0.29) is 17.4 Å². The van der Waals surface area contributed by atoms with Gasteiger partial charge in [-0.2, -0.15) is 15.5 Å². The second-order valence-electron chi connectivity index (χ2n) is 20.9. The van der Waals surface area contributed by atoms with Crippen molar-refractivity contribution in [1.82, 2.24) is 39.6 Å². The van der Waals surface area contributed by atoms with Crippen molar-refractivity contribution in [2.24, 2.45) is 12.5 Å². The van der Waals surface area contributed by atoms with Gasteiger partial charge in [0.15, 0.2) is 11.6 Å². The maximum atomic E-state index is 12.7. The van der Waals surface area contributed by atoms with Crippen molar-refractivity contribution in [1.29, 1.82) is 5.26 Å². The highest BCUT2D eigenvalue weighted by molar-refractivity contribution is 6.32. The van der Waals surface area contributed by atoms with Crippen molar-refractivity contribution in [2.45, 2.75) is 123 Å². The number of aromatic nitrogens is 6. The number of nitriles is 1. The van der Waals surface area contributed by atoms with Crippen molar-refractivity contribution in [3.63, 3.8) is 0 Å². The summed E-state index contributed by atoms with van der Waals surface area (Å²) < 4.78 is 10.7. The summed E-state index contributed by atoms with van der Waals surface area (Å²) in [6.45, 7) is 13.3. The van der Waals surface area contributed by atoms with E-state index in [9.17, 15) is 10.1 Å². The number of piperidine rings is 2. The fourth-order valence-corrected chi connectivity index (χ4v) is 12.7. The van der Waals surface area contributed by atoms with Gasteiger partial charge in [0.05, 0.1) is 29.4 Å². The summed E-state index contributed by atoms with van der Waals surface area (Å²) in [4.78, 5) is 24.5. The van der Waals surface area contributed by atoms with Crippen LogP contribution in [0.2, 0.25) is 5.02 Å². The van der Waals surface area contributed by atoms with Crippen LogP contribution in [-0.2, 0) is 31.2 Å². The van der Waals surface area contributed by atoms with Crippen molar-refractivity contribution < 1.29 is 9.53 Å². The molecule has 3 saturated heterocycles. The van der Waals surface area contributed by atoms with E-state index in [1.165, 1.54) is 39.2 Å². The molecule has 1 spiro atoms. The number of ether oxygens (including phenoxy) is 1. The predicted molar refractivity (Wildman–Crippen MR) is 270 cm³/mol. The monoisotopic (exact) mass is 949 g/mol. The smallest absolute Gasteiger partial charge is 0.233 e. The molecular weight excluding hydrogens is 884 g/mol. The summed E-state index contributed by atoms with van der Waals surface area (Å²) in [6, 6.07) is 17.5. The van der Waals surface area contributed by atoms with Crippen molar-refractivity contribution >= 4 is 40.5 Å². The number of anilines is 4. The Morgan fingerprint density at radius 3 is 2.48 bits per heavy atom. The number of rotatable bonds is 8. The minimum Gasteiger partial charge on any atom is -0.473 e. The highest BCUT2D eigenvalue weighted by atomic mass is 35.5. The molecule has 3 aromatic heterocycles. The molecular formula is C54H65ClN12O2. The molecule has 15 heteroatoms. The molecule has 0 radical (unpaired) electrons. The lowest BCUT2D eigenvalue weighted by molar-refractivity contribution is -0.129. The van der Waals surface area contributed by atoms with Gasteiger partial charge in [0.25, 0.3) is 0 Å². The van der Waals surface area contributed by atoms with Crippen molar-refractivity contribution in [3.8, 4) is 23.1 Å². The lowest BCUT2D eigenvalue weighted by Crippen LogP contribution is -2.42. The van der Waals surface area contributed by atoms with Gasteiger partial charge in [0.1, 0.15) is 12.2 Å². The molecule has 4 fully saturated rings. The molecule has 2 aromatic carbocycles. The molecule has 11 rings (SSSR count). The number of nitrogens with zero attached hydrogens (tertiary/aromatic N) is 12. The first-order valence-corrected chi connectivity index (χ1v) is 25.8. The molecule has 1 amide bonds. The van der Waals surface area contributed by atoms with E-state index >= 15 is 0 Å². The van der Waals surface area contributed by atoms with Crippen LogP contribution in [0.1, 0.15) is 112 Å². The lowest BCUT2D eigenvalue weighted by Gasteiger charge is -2.39. The Bertz CT molecular complexity index is 2780. The minimum absolute atomic E-state index is 0.127. The minimum atomic E-state index is 0.127. The van der Waals surface area contributed by atoms with Gasteiger partial charge in [0.2, 0.25) is 11.8 Å². The third-order valence-corrected chi connectivity index (χ3v) is 16.7. The van der Waals surface area contributed by atoms with Gasteiger partial charge in [-0.25, -0.2) is 0 Å². The standard InChI is InChI=1S/C54H65ClN12O2/c1-36-26-50-40(27-46(36)42-31-57-61(4)33-42)6-5-20-65(50)53-47-34-64(38(3)68)23-17-49(47)67(60-53)43-10-7-39(8-11-43)32-62-21-15-45(16-22-62)69-52-14-13-51(58-59-52)63-24-18-54(19-25-63)29-37(2)66(35-54)44-12-9-41(30-56)48(55)28-44/h9,12-14,26-28,31-33,37,43,45H,5-8,10-11,15-25,29,34-35H2,1-4H3/t37-,43?/m0/s1. The predicted octanol–water partition coefficient (Wildman–Crippen LogP) is 9.32. The molecule has 1 aliphatic carbocycles. The summed E-state index contributed by atoms with van der Waals surface area (Å²) in [6.07, 6.45) is 19.1. The SMILES string of the molecule is CC(=O)N1CCc2c(c(N3CCCc4cc(-c5cnn(C)c5)c(C)cc43)nn2C2CCC(=CN3CCC(Oc4ccc(N5CCC6(CC5)C[C@H](C)N(c5ccc(C#N)c(Cl)c5)C6)nn4)CC3)CC2)C1. The summed E-state index contributed by atoms with van der Waals surface area (Å²) in [7, 11) is 1.97. The van der Waals surface area contributed by atoms with Crippen LogP contribution in [0.5, 0.6) is 5.88 Å². The van der Waals surface area contributed by atoms with Gasteiger partial charge < -0.3 is 29.2 Å². The quantitative estimate of drug-likeness (QED) is 0.148. The largest absolute Gasteiger partial charge is 0.473 e. The zero-order chi connectivity index (χ0) is 47.4. The van der Waals surface area contributed by atoms with Crippen LogP contribution < -0.4 is 19.4 Å². The molecule has 5 aromatic rings. The molecule has 0 N–H and O–H groups in total. The number of benzene rings is 2. The molecule has 0 unspecified atom stereocenters. The van der Waals surface area contributed by atoms with Crippen LogP contribution in [-0.4, -0.2) is 103 Å². The van der Waals surface area contributed by atoms with Gasteiger partial charge in [-0.1, -0.05) is 17.2 Å². The molecule has 1 atom stereocenters. The van der Waals surface area contributed by atoms with Crippen LogP contribution in [0.25, 0.3) is 11.1 Å². The van der Waals surface area contributed by atoms with Crippen LogP contribution in [0.4, 0.5) is 23.0 Å². The van der Waals surface area contributed by atoms with Gasteiger partial charge in [-0.05, 0) is 136 Å². The van der Waals surface area contributed by atoms with E-state index in [1.807, 2.05) is 47.1 Å². The van der Waals surface area contributed by atoms with E-state index in [4.69, 9.17) is 21.4 Å². The Labute approximate surface area is 411 Å². The Morgan fingerprint density at radius 2 is 1.77 bits per heavy atom. The van der Waals surface area contributed by atoms with Gasteiger partial charge in [-0.3, -0.25) is 14.2 Å². The summed E-state index contributed by atoms with van der Waals surface area (Å²) in [5, 5.41) is 29.0. The molecule has 14 nitrogen and oxygen atoms in total. The first-order chi connectivity index (χ1) is 33.5. The van der Waals surface area contributed by atoms with E-state index in [0.717, 1.165) is 146 Å². The average Bonchev–Trinajstić information content (AvgIpc) is 4.06. The molecule has 69 heavy (non-hydrogen) atoms. The Hall–Kier alpha value is -6.07. The number of aryl methyl sites for hydroxylation is 3. The van der Waals surface area contributed by atoms with E-state index in [1.54, 1.807) is 6.92 Å². The number of halogens is 1. The fraction of sp³-hybridized carbons (Fsp3) is 0.519. The molecule has 6 aliphatic rings. The normalized spacial score (nSPS) is 21.6. The topological polar surface area (TPSA) is 128 Å². The second-order valence-corrected chi connectivity index (χ2v) is 21.3. The average molecular weight is 950 g/mol. The molecule has 360 valence electrons. The second kappa shape index (κ2) is 18.7. The van der Waals surface area contributed by atoms with Crippen LogP contribution >= 0.6 is 11.6 Å². The number of fused-ring (bicyclic) bond motifs is 2. The third kappa shape index (κ3) is 9.03.